The fourth-order valence-corrected chi connectivity index (χ4v) is 4.95. The van der Waals surface area contributed by atoms with Crippen molar-refractivity contribution in [2.45, 2.75) is 30.7 Å². The summed E-state index contributed by atoms with van der Waals surface area (Å²) in [5, 5.41) is 4.35. The number of rotatable bonds is 4. The highest BCUT2D eigenvalue weighted by Gasteiger charge is 2.29. The Morgan fingerprint density at radius 3 is 2.13 bits per heavy atom. The van der Waals surface area contributed by atoms with E-state index >= 15 is 0 Å². The van der Waals surface area contributed by atoms with Crippen molar-refractivity contribution in [3.05, 3.63) is 47.3 Å². The zero-order chi connectivity index (χ0) is 22.2. The molecule has 10 heteroatoms. The van der Waals surface area contributed by atoms with Gasteiger partial charge in [-0.25, -0.2) is 12.7 Å². The lowest BCUT2D eigenvalue weighted by Crippen LogP contribution is -2.50. The molecule has 0 saturated carbocycles. The van der Waals surface area contributed by atoms with Gasteiger partial charge in [0.15, 0.2) is 0 Å². The minimum absolute atomic E-state index is 0.0199. The summed E-state index contributed by atoms with van der Waals surface area (Å²) >= 11 is 0. The quantitative estimate of drug-likeness (QED) is 0.702. The smallest absolute Gasteiger partial charge is 0.257 e. The predicted molar refractivity (Wildman–Crippen MR) is 114 cm³/mol. The van der Waals surface area contributed by atoms with Gasteiger partial charge in [-0.2, -0.15) is 5.10 Å². The van der Waals surface area contributed by atoms with Crippen LogP contribution in [0, 0.1) is 0 Å². The Kier molecular flexibility index (Phi) is 5.85. The van der Waals surface area contributed by atoms with Crippen LogP contribution in [-0.2, 0) is 23.0 Å². The van der Waals surface area contributed by atoms with E-state index in [1.807, 2.05) is 4.68 Å². The number of fused-ring (bicyclic) bond motifs is 1. The number of hydrogen-bond donors (Lipinski definition) is 0. The van der Waals surface area contributed by atoms with E-state index in [9.17, 15) is 18.0 Å². The van der Waals surface area contributed by atoms with E-state index in [1.54, 1.807) is 16.0 Å². The highest BCUT2D eigenvalue weighted by molar-refractivity contribution is 7.89. The first-order chi connectivity index (χ1) is 14.8. The molecule has 2 aromatic rings. The second-order valence-electron chi connectivity index (χ2n) is 8.08. The van der Waals surface area contributed by atoms with E-state index in [1.165, 1.54) is 38.4 Å². The third kappa shape index (κ3) is 4.09. The molecule has 0 bridgehead atoms. The van der Waals surface area contributed by atoms with Gasteiger partial charge in [0.05, 0.1) is 22.3 Å². The van der Waals surface area contributed by atoms with Gasteiger partial charge in [-0.05, 0) is 43.5 Å². The number of nitrogens with zero attached hydrogens (tertiary/aromatic N) is 5. The summed E-state index contributed by atoms with van der Waals surface area (Å²) in [6, 6.07) is 5.97. The average molecular weight is 446 g/mol. The molecule has 0 radical (unpaired) electrons. The van der Waals surface area contributed by atoms with Crippen LogP contribution in [0.15, 0.2) is 35.4 Å². The number of sulfonamides is 1. The van der Waals surface area contributed by atoms with Crippen molar-refractivity contribution in [1.82, 2.24) is 23.9 Å². The third-order valence-electron chi connectivity index (χ3n) is 5.95. The lowest BCUT2D eigenvalue weighted by atomic mass is 10.1. The van der Waals surface area contributed by atoms with Crippen molar-refractivity contribution < 1.29 is 18.0 Å². The van der Waals surface area contributed by atoms with Gasteiger partial charge in [0.25, 0.3) is 11.8 Å². The minimum Gasteiger partial charge on any atom is -0.335 e. The molecule has 1 aromatic heterocycles. The van der Waals surface area contributed by atoms with Crippen molar-refractivity contribution in [3.8, 4) is 0 Å². The van der Waals surface area contributed by atoms with Gasteiger partial charge in [-0.15, -0.1) is 0 Å². The largest absolute Gasteiger partial charge is 0.335 e. The molecular formula is C21H27N5O4S. The summed E-state index contributed by atoms with van der Waals surface area (Å²) in [6.45, 7) is 2.65. The topological polar surface area (TPSA) is 95.8 Å². The maximum absolute atomic E-state index is 13.0. The molecule has 0 N–H and O–H groups in total. The van der Waals surface area contributed by atoms with Crippen molar-refractivity contribution >= 4 is 21.8 Å². The summed E-state index contributed by atoms with van der Waals surface area (Å²) in [4.78, 5) is 29.4. The molecule has 0 spiro atoms. The molecule has 166 valence electrons. The number of piperazine rings is 1. The summed E-state index contributed by atoms with van der Waals surface area (Å²) in [7, 11) is -0.597. The third-order valence-corrected chi connectivity index (χ3v) is 7.78. The van der Waals surface area contributed by atoms with Gasteiger partial charge < -0.3 is 9.80 Å². The molecule has 0 atom stereocenters. The highest BCUT2D eigenvalue weighted by atomic mass is 32.2. The number of benzene rings is 1. The first-order valence-corrected chi connectivity index (χ1v) is 11.9. The van der Waals surface area contributed by atoms with E-state index in [0.717, 1.165) is 35.8 Å². The van der Waals surface area contributed by atoms with E-state index < -0.39 is 10.0 Å². The fourth-order valence-electron chi connectivity index (χ4n) is 4.05. The van der Waals surface area contributed by atoms with E-state index in [-0.39, 0.29) is 16.7 Å². The van der Waals surface area contributed by atoms with Gasteiger partial charge in [0.2, 0.25) is 10.0 Å². The number of hydrogen-bond acceptors (Lipinski definition) is 5. The Bertz CT molecular complexity index is 1080. The standard InChI is InChI=1S/C21H27N5O4S/c1-23(2)31(29,30)17-8-6-16(7-9-17)20(27)24-11-13-25(14-12-24)21(28)18-15-22-26-10-4-3-5-19(18)26/h6-9,15H,3-5,10-14H2,1-2H3. The molecule has 31 heavy (non-hydrogen) atoms. The molecule has 2 aliphatic heterocycles. The molecule has 3 heterocycles. The summed E-state index contributed by atoms with van der Waals surface area (Å²) in [5.74, 6) is -0.183. The number of amides is 2. The van der Waals surface area contributed by atoms with Crippen LogP contribution >= 0.6 is 0 Å². The van der Waals surface area contributed by atoms with Gasteiger partial charge >= 0.3 is 0 Å². The highest BCUT2D eigenvalue weighted by Crippen LogP contribution is 2.21. The lowest BCUT2D eigenvalue weighted by molar-refractivity contribution is 0.0534. The SMILES string of the molecule is CN(C)S(=O)(=O)c1ccc(C(=O)N2CCN(C(=O)c3cnn4c3CCCC4)CC2)cc1. The normalized spacial score (nSPS) is 17.0. The van der Waals surface area contributed by atoms with Crippen LogP contribution in [0.1, 0.15) is 39.3 Å². The number of carbonyl (C=O) groups is 2. The molecule has 1 aromatic carbocycles. The van der Waals surface area contributed by atoms with Gasteiger partial charge in [-0.1, -0.05) is 0 Å². The second-order valence-corrected chi connectivity index (χ2v) is 10.2. The van der Waals surface area contributed by atoms with E-state index in [4.69, 9.17) is 0 Å². The number of aryl methyl sites for hydroxylation is 1. The summed E-state index contributed by atoms with van der Waals surface area (Å²) in [6.07, 6.45) is 4.71. The molecule has 0 unspecified atom stereocenters. The Morgan fingerprint density at radius 1 is 0.903 bits per heavy atom. The summed E-state index contributed by atoms with van der Waals surface area (Å²) in [5.41, 5.74) is 2.13. The zero-order valence-electron chi connectivity index (χ0n) is 17.8. The Hall–Kier alpha value is -2.72. The van der Waals surface area contributed by atoms with Crippen LogP contribution in [-0.4, -0.2) is 84.4 Å². The van der Waals surface area contributed by atoms with Gasteiger partial charge in [0, 0.05) is 52.4 Å². The fraction of sp³-hybridized carbons (Fsp3) is 0.476. The molecule has 4 rings (SSSR count). The van der Waals surface area contributed by atoms with Crippen LogP contribution < -0.4 is 0 Å². The van der Waals surface area contributed by atoms with Crippen LogP contribution in [0.25, 0.3) is 0 Å². The molecule has 1 fully saturated rings. The first-order valence-electron chi connectivity index (χ1n) is 10.4. The molecule has 2 aliphatic rings. The molecule has 9 nitrogen and oxygen atoms in total. The van der Waals surface area contributed by atoms with Crippen molar-refractivity contribution in [2.75, 3.05) is 40.3 Å². The van der Waals surface area contributed by atoms with E-state index in [0.29, 0.717) is 37.3 Å². The maximum Gasteiger partial charge on any atom is 0.257 e. The van der Waals surface area contributed by atoms with Gasteiger partial charge in [-0.3, -0.25) is 14.3 Å². The van der Waals surface area contributed by atoms with E-state index in [2.05, 4.69) is 5.10 Å². The average Bonchev–Trinajstić information content (AvgIpc) is 3.22. The minimum atomic E-state index is -3.53. The van der Waals surface area contributed by atoms with Crippen molar-refractivity contribution in [2.24, 2.45) is 0 Å². The van der Waals surface area contributed by atoms with Crippen LogP contribution in [0.3, 0.4) is 0 Å². The molecule has 2 amide bonds. The van der Waals surface area contributed by atoms with Crippen LogP contribution in [0.2, 0.25) is 0 Å². The lowest BCUT2D eigenvalue weighted by Gasteiger charge is -2.35. The maximum atomic E-state index is 13.0. The Labute approximate surface area is 182 Å². The first kappa shape index (κ1) is 21.5. The second kappa shape index (κ2) is 8.43. The molecule has 0 aliphatic carbocycles. The summed E-state index contributed by atoms with van der Waals surface area (Å²) < 4.78 is 27.4. The zero-order valence-corrected chi connectivity index (χ0v) is 18.6. The monoisotopic (exact) mass is 445 g/mol. The van der Waals surface area contributed by atoms with Crippen LogP contribution in [0.4, 0.5) is 0 Å². The van der Waals surface area contributed by atoms with Gasteiger partial charge in [0.1, 0.15) is 0 Å². The molecular weight excluding hydrogens is 418 g/mol. The van der Waals surface area contributed by atoms with Crippen molar-refractivity contribution in [3.63, 3.8) is 0 Å². The number of aromatic nitrogens is 2. The van der Waals surface area contributed by atoms with Crippen LogP contribution in [0.5, 0.6) is 0 Å². The Morgan fingerprint density at radius 2 is 1.52 bits per heavy atom. The van der Waals surface area contributed by atoms with Crippen molar-refractivity contribution in [1.29, 1.82) is 0 Å². The number of carbonyl (C=O) groups excluding carboxylic acids is 2. The predicted octanol–water partition coefficient (Wildman–Crippen LogP) is 1.07. The molecule has 1 saturated heterocycles. The Balaban J connectivity index is 1.39.